The Morgan fingerprint density at radius 2 is 1.71 bits per heavy atom. The van der Waals surface area contributed by atoms with E-state index in [2.05, 4.69) is 35.6 Å². The topological polar surface area (TPSA) is 30.5 Å². The van der Waals surface area contributed by atoms with Gasteiger partial charge in [0.25, 0.3) is 0 Å². The number of hydrogen-bond acceptors (Lipinski definition) is 3. The third kappa shape index (κ3) is 4.71. The Hall–Kier alpha value is -2.16. The molecule has 2 aromatic carbocycles. The quantitative estimate of drug-likeness (QED) is 0.739. The highest BCUT2D eigenvalue weighted by atomic mass is 16.5. The second-order valence-corrected chi connectivity index (χ2v) is 4.94. The number of rotatable bonds is 8. The number of unbranched alkanes of at least 4 members (excludes halogenated alkanes) is 1. The maximum Gasteiger partial charge on any atom is 0.145 e. The molecule has 0 fully saturated rings. The van der Waals surface area contributed by atoms with E-state index in [-0.39, 0.29) is 0 Å². The molecule has 0 heterocycles. The van der Waals surface area contributed by atoms with Gasteiger partial charge in [-0.2, -0.15) is 0 Å². The molecule has 0 unspecified atom stereocenters. The standard InChI is InChI=1S/C18H23NO2/c1-20-16-11-12-17(18(14-16)21-2)19-13-7-6-10-15-8-4-3-5-9-15/h3-5,8-9,11-12,14,19H,6-7,10,13H2,1-2H3. The molecule has 3 nitrogen and oxygen atoms in total. The maximum absolute atomic E-state index is 5.37. The number of ether oxygens (including phenoxy) is 2. The van der Waals surface area contributed by atoms with Gasteiger partial charge in [-0.3, -0.25) is 0 Å². The van der Waals surface area contributed by atoms with Crippen LogP contribution in [0.1, 0.15) is 18.4 Å². The Morgan fingerprint density at radius 3 is 2.43 bits per heavy atom. The molecule has 2 aromatic rings. The third-order valence-electron chi connectivity index (χ3n) is 3.46. The van der Waals surface area contributed by atoms with Gasteiger partial charge in [0.2, 0.25) is 0 Å². The lowest BCUT2D eigenvalue weighted by Gasteiger charge is -2.12. The summed E-state index contributed by atoms with van der Waals surface area (Å²) in [5.41, 5.74) is 2.41. The molecule has 0 spiro atoms. The number of aryl methyl sites for hydroxylation is 1. The van der Waals surface area contributed by atoms with Crippen molar-refractivity contribution in [1.82, 2.24) is 0 Å². The highest BCUT2D eigenvalue weighted by molar-refractivity contribution is 5.59. The molecule has 2 rings (SSSR count). The van der Waals surface area contributed by atoms with Gasteiger partial charge in [0.15, 0.2) is 0 Å². The second-order valence-electron chi connectivity index (χ2n) is 4.94. The summed E-state index contributed by atoms with van der Waals surface area (Å²) < 4.78 is 10.6. The summed E-state index contributed by atoms with van der Waals surface area (Å²) in [4.78, 5) is 0. The zero-order chi connectivity index (χ0) is 14.9. The van der Waals surface area contributed by atoms with E-state index in [1.807, 2.05) is 18.2 Å². The van der Waals surface area contributed by atoms with Crippen LogP contribution in [0.15, 0.2) is 48.5 Å². The first-order chi connectivity index (χ1) is 10.3. The van der Waals surface area contributed by atoms with Gasteiger partial charge in [-0.25, -0.2) is 0 Å². The van der Waals surface area contributed by atoms with E-state index in [1.54, 1.807) is 14.2 Å². The van der Waals surface area contributed by atoms with Crippen molar-refractivity contribution >= 4 is 5.69 Å². The number of benzene rings is 2. The van der Waals surface area contributed by atoms with Crippen molar-refractivity contribution in [3.05, 3.63) is 54.1 Å². The molecule has 0 aliphatic carbocycles. The van der Waals surface area contributed by atoms with Gasteiger partial charge in [0, 0.05) is 12.6 Å². The molecule has 21 heavy (non-hydrogen) atoms. The average molecular weight is 285 g/mol. The minimum atomic E-state index is 0.807. The molecule has 0 amide bonds. The summed E-state index contributed by atoms with van der Waals surface area (Å²) in [5.74, 6) is 1.62. The first-order valence-corrected chi connectivity index (χ1v) is 7.33. The molecule has 0 atom stereocenters. The zero-order valence-electron chi connectivity index (χ0n) is 12.8. The van der Waals surface area contributed by atoms with Crippen LogP contribution in [0.25, 0.3) is 0 Å². The molecule has 0 saturated heterocycles. The Labute approximate surface area is 126 Å². The summed E-state index contributed by atoms with van der Waals surface area (Å²) in [6.45, 7) is 0.940. The largest absolute Gasteiger partial charge is 0.497 e. The minimum Gasteiger partial charge on any atom is -0.497 e. The van der Waals surface area contributed by atoms with Crippen molar-refractivity contribution in [2.75, 3.05) is 26.1 Å². The first-order valence-electron chi connectivity index (χ1n) is 7.33. The summed E-state index contributed by atoms with van der Waals surface area (Å²) in [7, 11) is 3.33. The van der Waals surface area contributed by atoms with Crippen LogP contribution in [0.2, 0.25) is 0 Å². The second kappa shape index (κ2) is 8.20. The van der Waals surface area contributed by atoms with E-state index < -0.39 is 0 Å². The van der Waals surface area contributed by atoms with Gasteiger partial charge in [0.1, 0.15) is 11.5 Å². The van der Waals surface area contributed by atoms with Gasteiger partial charge < -0.3 is 14.8 Å². The predicted molar refractivity (Wildman–Crippen MR) is 87.4 cm³/mol. The Morgan fingerprint density at radius 1 is 0.905 bits per heavy atom. The lowest BCUT2D eigenvalue weighted by Crippen LogP contribution is -2.04. The summed E-state index contributed by atoms with van der Waals surface area (Å²) in [5, 5.41) is 3.42. The summed E-state index contributed by atoms with van der Waals surface area (Å²) in [6, 6.07) is 16.4. The predicted octanol–water partition coefficient (Wildman–Crippen LogP) is 4.14. The van der Waals surface area contributed by atoms with E-state index in [9.17, 15) is 0 Å². The average Bonchev–Trinajstić information content (AvgIpc) is 2.55. The van der Waals surface area contributed by atoms with Crippen LogP contribution in [-0.4, -0.2) is 20.8 Å². The van der Waals surface area contributed by atoms with Gasteiger partial charge in [-0.15, -0.1) is 0 Å². The van der Waals surface area contributed by atoms with Crippen molar-refractivity contribution < 1.29 is 9.47 Å². The number of methoxy groups -OCH3 is 2. The molecule has 1 N–H and O–H groups in total. The van der Waals surface area contributed by atoms with Gasteiger partial charge >= 0.3 is 0 Å². The monoisotopic (exact) mass is 285 g/mol. The highest BCUT2D eigenvalue weighted by Gasteiger charge is 2.04. The maximum atomic E-state index is 5.37. The summed E-state index contributed by atoms with van der Waals surface area (Å²) >= 11 is 0. The number of nitrogens with one attached hydrogen (secondary N) is 1. The van der Waals surface area contributed by atoms with Gasteiger partial charge in [0.05, 0.1) is 19.9 Å². The highest BCUT2D eigenvalue weighted by Crippen LogP contribution is 2.28. The van der Waals surface area contributed by atoms with Crippen molar-refractivity contribution in [3.63, 3.8) is 0 Å². The fourth-order valence-electron chi connectivity index (χ4n) is 2.27. The van der Waals surface area contributed by atoms with Crippen LogP contribution in [0.5, 0.6) is 11.5 Å². The normalized spacial score (nSPS) is 10.2. The van der Waals surface area contributed by atoms with Gasteiger partial charge in [-0.05, 0) is 37.0 Å². The number of anilines is 1. The molecule has 0 bridgehead atoms. The van der Waals surface area contributed by atoms with Crippen LogP contribution >= 0.6 is 0 Å². The fourth-order valence-corrected chi connectivity index (χ4v) is 2.27. The zero-order valence-corrected chi connectivity index (χ0v) is 12.8. The third-order valence-corrected chi connectivity index (χ3v) is 3.46. The summed E-state index contributed by atoms with van der Waals surface area (Å²) in [6.07, 6.45) is 3.43. The molecule has 112 valence electrons. The molecule has 0 aliphatic heterocycles. The molecule has 0 radical (unpaired) electrons. The lowest BCUT2D eigenvalue weighted by atomic mass is 10.1. The SMILES string of the molecule is COc1ccc(NCCCCc2ccccc2)c(OC)c1. The van der Waals surface area contributed by atoms with Crippen molar-refractivity contribution in [3.8, 4) is 11.5 Å². The number of hydrogen-bond donors (Lipinski definition) is 1. The molecular weight excluding hydrogens is 262 g/mol. The van der Waals surface area contributed by atoms with E-state index >= 15 is 0 Å². The molecule has 0 aliphatic rings. The van der Waals surface area contributed by atoms with Crippen LogP contribution in [0, 0.1) is 0 Å². The van der Waals surface area contributed by atoms with Crippen LogP contribution in [-0.2, 0) is 6.42 Å². The Bertz CT molecular complexity index is 540. The van der Waals surface area contributed by atoms with E-state index in [0.29, 0.717) is 0 Å². The molecule has 3 heteroatoms. The first kappa shape index (κ1) is 15.2. The van der Waals surface area contributed by atoms with Crippen LogP contribution < -0.4 is 14.8 Å². The smallest absolute Gasteiger partial charge is 0.145 e. The van der Waals surface area contributed by atoms with E-state index in [1.165, 1.54) is 12.0 Å². The van der Waals surface area contributed by atoms with Crippen LogP contribution in [0.4, 0.5) is 5.69 Å². The fraction of sp³-hybridized carbons (Fsp3) is 0.333. The van der Waals surface area contributed by atoms with Crippen molar-refractivity contribution in [2.24, 2.45) is 0 Å². The Kier molecular flexibility index (Phi) is 5.95. The molecule has 0 aromatic heterocycles. The van der Waals surface area contributed by atoms with Crippen molar-refractivity contribution in [1.29, 1.82) is 0 Å². The van der Waals surface area contributed by atoms with Gasteiger partial charge in [-0.1, -0.05) is 30.3 Å². The Balaban J connectivity index is 1.76. The lowest BCUT2D eigenvalue weighted by molar-refractivity contribution is 0.395. The molecular formula is C18H23NO2. The van der Waals surface area contributed by atoms with E-state index in [4.69, 9.17) is 9.47 Å². The minimum absolute atomic E-state index is 0.807. The van der Waals surface area contributed by atoms with Crippen LogP contribution in [0.3, 0.4) is 0 Å². The van der Waals surface area contributed by atoms with E-state index in [0.717, 1.165) is 36.6 Å². The van der Waals surface area contributed by atoms with Crippen molar-refractivity contribution in [2.45, 2.75) is 19.3 Å². The molecule has 0 saturated carbocycles.